The van der Waals surface area contributed by atoms with E-state index in [1.54, 1.807) is 0 Å². The summed E-state index contributed by atoms with van der Waals surface area (Å²) < 4.78 is 2.86. The number of aromatic nitrogens is 4. The predicted octanol–water partition coefficient (Wildman–Crippen LogP) is 3.26. The second-order valence-corrected chi connectivity index (χ2v) is 5.96. The van der Waals surface area contributed by atoms with E-state index in [1.165, 1.54) is 12.8 Å². The highest BCUT2D eigenvalue weighted by atomic mass is 79.9. The van der Waals surface area contributed by atoms with Crippen LogP contribution in [-0.2, 0) is 7.05 Å². The summed E-state index contributed by atoms with van der Waals surface area (Å²) in [7, 11) is 1.94. The molecule has 0 spiro atoms. The molecule has 1 saturated carbocycles. The van der Waals surface area contributed by atoms with Crippen LogP contribution in [0, 0.1) is 6.92 Å². The Balaban J connectivity index is 2.13. The number of nitrogens with zero attached hydrogens (tertiary/aromatic N) is 4. The van der Waals surface area contributed by atoms with E-state index >= 15 is 0 Å². The Hall–Kier alpha value is -1.43. The van der Waals surface area contributed by atoms with Crippen LogP contribution in [0.5, 0.6) is 0 Å². The van der Waals surface area contributed by atoms with Gasteiger partial charge < -0.3 is 5.32 Å². The third-order valence-corrected chi connectivity index (χ3v) is 4.44. The monoisotopic (exact) mass is 335 g/mol. The van der Waals surface area contributed by atoms with E-state index in [9.17, 15) is 0 Å². The smallest absolute Gasteiger partial charge is 0.165 e. The third-order valence-electron chi connectivity index (χ3n) is 3.66. The normalized spacial score (nSPS) is 14.6. The minimum absolute atomic E-state index is 0.570. The van der Waals surface area contributed by atoms with E-state index in [-0.39, 0.29) is 0 Å². The molecule has 20 heavy (non-hydrogen) atoms. The van der Waals surface area contributed by atoms with E-state index in [1.807, 2.05) is 24.9 Å². The summed E-state index contributed by atoms with van der Waals surface area (Å²) in [6.07, 6.45) is 4.27. The molecular weight excluding hydrogens is 318 g/mol. The van der Waals surface area contributed by atoms with Gasteiger partial charge >= 0.3 is 0 Å². The maximum absolute atomic E-state index is 4.77. The molecule has 0 amide bonds. The van der Waals surface area contributed by atoms with Crippen molar-refractivity contribution >= 4 is 21.7 Å². The number of nitrogens with one attached hydrogen (secondary N) is 1. The Morgan fingerprint density at radius 3 is 2.70 bits per heavy atom. The van der Waals surface area contributed by atoms with Gasteiger partial charge in [0.1, 0.15) is 5.82 Å². The van der Waals surface area contributed by atoms with Gasteiger partial charge in [-0.05, 0) is 42.6 Å². The highest BCUT2D eigenvalue weighted by molar-refractivity contribution is 9.10. The van der Waals surface area contributed by atoms with Crippen LogP contribution >= 0.6 is 15.9 Å². The van der Waals surface area contributed by atoms with Gasteiger partial charge in [0.05, 0.1) is 21.9 Å². The lowest BCUT2D eigenvalue weighted by Gasteiger charge is -2.11. The van der Waals surface area contributed by atoms with E-state index in [4.69, 9.17) is 4.98 Å². The van der Waals surface area contributed by atoms with Crippen molar-refractivity contribution < 1.29 is 0 Å². The molecule has 1 N–H and O–H groups in total. The van der Waals surface area contributed by atoms with Gasteiger partial charge in [-0.25, -0.2) is 9.97 Å². The van der Waals surface area contributed by atoms with E-state index in [0.717, 1.165) is 39.6 Å². The molecule has 0 saturated heterocycles. The maximum atomic E-state index is 4.77. The van der Waals surface area contributed by atoms with Crippen LogP contribution in [0.3, 0.4) is 0 Å². The molecular formula is C14H18BrN5. The van der Waals surface area contributed by atoms with E-state index < -0.39 is 0 Å². The van der Waals surface area contributed by atoms with Gasteiger partial charge in [-0.3, -0.25) is 4.68 Å². The van der Waals surface area contributed by atoms with Crippen LogP contribution in [0.2, 0.25) is 0 Å². The zero-order valence-electron chi connectivity index (χ0n) is 11.9. The van der Waals surface area contributed by atoms with Crippen LogP contribution in [0.1, 0.15) is 37.1 Å². The first-order valence-electron chi connectivity index (χ1n) is 6.92. The highest BCUT2D eigenvalue weighted by Crippen LogP contribution is 2.44. The zero-order chi connectivity index (χ0) is 14.3. The van der Waals surface area contributed by atoms with Crippen molar-refractivity contribution in [2.75, 3.05) is 11.9 Å². The topological polar surface area (TPSA) is 55.6 Å². The van der Waals surface area contributed by atoms with Crippen LogP contribution in [-0.4, -0.2) is 26.3 Å². The molecule has 0 radical (unpaired) electrons. The summed E-state index contributed by atoms with van der Waals surface area (Å²) in [5.74, 6) is 2.21. The van der Waals surface area contributed by atoms with Crippen molar-refractivity contribution in [2.24, 2.45) is 7.05 Å². The average molecular weight is 336 g/mol. The predicted molar refractivity (Wildman–Crippen MR) is 82.8 cm³/mol. The van der Waals surface area contributed by atoms with Crippen LogP contribution in [0.25, 0.3) is 11.4 Å². The van der Waals surface area contributed by atoms with Gasteiger partial charge in [0.2, 0.25) is 0 Å². The molecule has 0 bridgehead atoms. The van der Waals surface area contributed by atoms with Gasteiger partial charge in [0.25, 0.3) is 0 Å². The second-order valence-electron chi connectivity index (χ2n) is 5.17. The maximum Gasteiger partial charge on any atom is 0.165 e. The fourth-order valence-electron chi connectivity index (χ4n) is 2.21. The molecule has 2 aromatic heterocycles. The third kappa shape index (κ3) is 2.32. The van der Waals surface area contributed by atoms with Crippen molar-refractivity contribution in [1.29, 1.82) is 0 Å². The van der Waals surface area contributed by atoms with E-state index in [2.05, 4.69) is 38.3 Å². The number of halogens is 1. The molecule has 5 nitrogen and oxygen atoms in total. The van der Waals surface area contributed by atoms with Crippen molar-refractivity contribution in [3.05, 3.63) is 22.1 Å². The van der Waals surface area contributed by atoms with Crippen LogP contribution in [0.4, 0.5) is 5.82 Å². The summed E-state index contributed by atoms with van der Waals surface area (Å²) >= 11 is 3.64. The molecule has 2 heterocycles. The quantitative estimate of drug-likeness (QED) is 0.931. The largest absolute Gasteiger partial charge is 0.369 e. The molecule has 6 heteroatoms. The molecule has 1 aliphatic carbocycles. The first-order chi connectivity index (χ1) is 9.61. The Morgan fingerprint density at radius 2 is 2.15 bits per heavy atom. The summed E-state index contributed by atoms with van der Waals surface area (Å²) in [5.41, 5.74) is 3.20. The first-order valence-corrected chi connectivity index (χ1v) is 7.71. The molecule has 0 aliphatic heterocycles. The van der Waals surface area contributed by atoms with Crippen molar-refractivity contribution in [1.82, 2.24) is 19.7 Å². The molecule has 2 aromatic rings. The Morgan fingerprint density at radius 1 is 1.40 bits per heavy atom. The number of anilines is 1. The lowest BCUT2D eigenvalue weighted by molar-refractivity contribution is 0.740. The number of hydrogen-bond donors (Lipinski definition) is 1. The molecule has 0 unspecified atom stereocenters. The SMILES string of the molecule is CCNc1nc(-c2cnn(C)c2C)nc(C2CC2)c1Br. The minimum atomic E-state index is 0.570. The molecule has 3 rings (SSSR count). The first kappa shape index (κ1) is 13.5. The lowest BCUT2D eigenvalue weighted by Crippen LogP contribution is -2.06. The molecule has 106 valence electrons. The summed E-state index contributed by atoms with van der Waals surface area (Å²) in [6.45, 7) is 4.95. The van der Waals surface area contributed by atoms with Gasteiger partial charge in [-0.15, -0.1) is 0 Å². The lowest BCUT2D eigenvalue weighted by atomic mass is 10.2. The average Bonchev–Trinajstić information content (AvgIpc) is 3.21. The molecule has 0 atom stereocenters. The number of hydrogen-bond acceptors (Lipinski definition) is 4. The summed E-state index contributed by atoms with van der Waals surface area (Å²) in [4.78, 5) is 9.43. The highest BCUT2D eigenvalue weighted by Gasteiger charge is 2.30. The Bertz CT molecular complexity index is 645. The van der Waals surface area contributed by atoms with Crippen molar-refractivity contribution in [3.8, 4) is 11.4 Å². The fraction of sp³-hybridized carbons (Fsp3) is 0.500. The van der Waals surface area contributed by atoms with Crippen molar-refractivity contribution in [2.45, 2.75) is 32.6 Å². The van der Waals surface area contributed by atoms with Gasteiger partial charge in [-0.2, -0.15) is 5.10 Å². The Kier molecular flexibility index (Phi) is 3.50. The van der Waals surface area contributed by atoms with Gasteiger partial charge in [0, 0.05) is 25.2 Å². The second kappa shape index (κ2) is 5.16. The Labute approximate surface area is 127 Å². The van der Waals surface area contributed by atoms with Crippen LogP contribution in [0.15, 0.2) is 10.7 Å². The molecule has 1 fully saturated rings. The fourth-order valence-corrected chi connectivity index (χ4v) is 2.86. The minimum Gasteiger partial charge on any atom is -0.369 e. The summed E-state index contributed by atoms with van der Waals surface area (Å²) in [5, 5.41) is 7.60. The number of rotatable bonds is 4. The molecule has 0 aromatic carbocycles. The standard InChI is InChI=1S/C14H18BrN5/c1-4-16-14-11(15)12(9-5-6-9)18-13(19-14)10-7-17-20(3)8(10)2/h7,9H,4-6H2,1-3H3,(H,16,18,19). The van der Waals surface area contributed by atoms with Gasteiger partial charge in [-0.1, -0.05) is 0 Å². The van der Waals surface area contributed by atoms with Crippen LogP contribution < -0.4 is 5.32 Å². The number of aryl methyl sites for hydroxylation is 1. The van der Waals surface area contributed by atoms with Crippen molar-refractivity contribution in [3.63, 3.8) is 0 Å². The van der Waals surface area contributed by atoms with Gasteiger partial charge in [0.15, 0.2) is 5.82 Å². The molecule has 1 aliphatic rings. The van der Waals surface area contributed by atoms with E-state index in [0.29, 0.717) is 5.92 Å². The summed E-state index contributed by atoms with van der Waals surface area (Å²) in [6, 6.07) is 0. The zero-order valence-corrected chi connectivity index (χ0v) is 13.5.